The average Bonchev–Trinajstić information content (AvgIpc) is 2.89. The van der Waals surface area contributed by atoms with E-state index in [1.165, 1.54) is 19.5 Å². The molecule has 0 saturated heterocycles. The minimum absolute atomic E-state index is 0.000152. The van der Waals surface area contributed by atoms with E-state index in [0.29, 0.717) is 22.9 Å². The lowest BCUT2D eigenvalue weighted by Gasteiger charge is -2.16. The first-order chi connectivity index (χ1) is 17.0. The largest absolute Gasteiger partial charge is 0.504 e. The number of phenols is 1. The highest BCUT2D eigenvalue weighted by Crippen LogP contribution is 2.31. The summed E-state index contributed by atoms with van der Waals surface area (Å²) in [5.41, 5.74) is 3.13. The molecule has 0 aliphatic carbocycles. The number of aromatic nitrogens is 4. The van der Waals surface area contributed by atoms with Gasteiger partial charge in [-0.3, -0.25) is 9.78 Å². The van der Waals surface area contributed by atoms with Crippen LogP contribution in [0.5, 0.6) is 11.5 Å². The highest BCUT2D eigenvalue weighted by atomic mass is 16.5. The van der Waals surface area contributed by atoms with E-state index in [1.807, 2.05) is 31.2 Å². The molecule has 0 unspecified atom stereocenters. The van der Waals surface area contributed by atoms with Gasteiger partial charge in [0.1, 0.15) is 11.9 Å². The Bertz CT molecular complexity index is 1400. The number of aromatic hydroxyl groups is 1. The molecule has 10 nitrogen and oxygen atoms in total. The molecular formula is C25H21N7O3. The van der Waals surface area contributed by atoms with Crippen LogP contribution in [0.4, 0.5) is 11.5 Å². The van der Waals surface area contributed by atoms with E-state index < -0.39 is 0 Å². The van der Waals surface area contributed by atoms with Crippen LogP contribution in [0.3, 0.4) is 0 Å². The van der Waals surface area contributed by atoms with Crippen LogP contribution in [0.25, 0.3) is 11.3 Å². The molecule has 2 aromatic carbocycles. The van der Waals surface area contributed by atoms with Gasteiger partial charge in [0.25, 0.3) is 5.91 Å². The van der Waals surface area contributed by atoms with E-state index in [1.54, 1.807) is 36.7 Å². The van der Waals surface area contributed by atoms with Crippen molar-refractivity contribution in [1.82, 2.24) is 19.9 Å². The molecule has 0 radical (unpaired) electrons. The van der Waals surface area contributed by atoms with E-state index in [-0.39, 0.29) is 29.1 Å². The van der Waals surface area contributed by atoms with E-state index >= 15 is 0 Å². The topological polar surface area (TPSA) is 146 Å². The Balaban J connectivity index is 1.47. The van der Waals surface area contributed by atoms with Gasteiger partial charge in [-0.05, 0) is 42.8 Å². The third-order valence-electron chi connectivity index (χ3n) is 5.13. The van der Waals surface area contributed by atoms with Crippen molar-refractivity contribution in [2.24, 2.45) is 0 Å². The third-order valence-corrected chi connectivity index (χ3v) is 5.13. The predicted octanol–water partition coefficient (Wildman–Crippen LogP) is 3.94. The molecule has 0 fully saturated rings. The quantitative estimate of drug-likeness (QED) is 0.368. The van der Waals surface area contributed by atoms with Crippen molar-refractivity contribution in [2.75, 3.05) is 17.7 Å². The number of ether oxygens (including phenoxy) is 1. The van der Waals surface area contributed by atoms with Gasteiger partial charge < -0.3 is 20.5 Å². The highest BCUT2D eigenvalue weighted by Gasteiger charge is 2.12. The van der Waals surface area contributed by atoms with Gasteiger partial charge in [0.15, 0.2) is 11.5 Å². The van der Waals surface area contributed by atoms with Gasteiger partial charge >= 0.3 is 0 Å². The van der Waals surface area contributed by atoms with Crippen molar-refractivity contribution in [3.63, 3.8) is 0 Å². The van der Waals surface area contributed by atoms with Gasteiger partial charge in [-0.2, -0.15) is 5.26 Å². The fraction of sp³-hybridized carbons (Fsp3) is 0.120. The van der Waals surface area contributed by atoms with Gasteiger partial charge in [0.2, 0.25) is 5.82 Å². The fourth-order valence-electron chi connectivity index (χ4n) is 3.31. The molecule has 0 aliphatic heterocycles. The van der Waals surface area contributed by atoms with Crippen molar-refractivity contribution >= 4 is 17.4 Å². The number of nitrogens with zero attached hydrogens (tertiary/aromatic N) is 5. The zero-order chi connectivity index (χ0) is 24.8. The summed E-state index contributed by atoms with van der Waals surface area (Å²) in [5, 5.41) is 24.7. The monoisotopic (exact) mass is 467 g/mol. The maximum Gasteiger partial charge on any atom is 0.258 e. The summed E-state index contributed by atoms with van der Waals surface area (Å²) >= 11 is 0. The van der Waals surface area contributed by atoms with Crippen LogP contribution in [0.2, 0.25) is 0 Å². The summed E-state index contributed by atoms with van der Waals surface area (Å²) in [7, 11) is 1.48. The number of phenolic OH excluding ortho intramolecular Hbond substituents is 1. The number of nitriles is 1. The van der Waals surface area contributed by atoms with Gasteiger partial charge in [-0.25, -0.2) is 15.0 Å². The minimum atomic E-state index is -0.379. The molecule has 4 rings (SSSR count). The van der Waals surface area contributed by atoms with E-state index in [4.69, 9.17) is 10.00 Å². The van der Waals surface area contributed by atoms with Crippen LogP contribution in [0.1, 0.15) is 34.7 Å². The number of rotatable bonds is 7. The Labute approximate surface area is 201 Å². The maximum absolute atomic E-state index is 12.5. The summed E-state index contributed by atoms with van der Waals surface area (Å²) in [6.45, 7) is 1.97. The molecule has 174 valence electrons. The second-order valence-electron chi connectivity index (χ2n) is 7.53. The number of benzene rings is 2. The number of amides is 1. The second-order valence-corrected chi connectivity index (χ2v) is 7.53. The molecular weight excluding hydrogens is 446 g/mol. The third kappa shape index (κ3) is 5.48. The number of anilines is 2. The highest BCUT2D eigenvalue weighted by molar-refractivity contribution is 6.03. The lowest BCUT2D eigenvalue weighted by atomic mass is 10.1. The molecule has 1 atom stereocenters. The molecule has 0 saturated carbocycles. The van der Waals surface area contributed by atoms with Gasteiger partial charge in [-0.1, -0.05) is 12.1 Å². The van der Waals surface area contributed by atoms with Crippen LogP contribution in [-0.4, -0.2) is 38.1 Å². The average molecular weight is 467 g/mol. The summed E-state index contributed by atoms with van der Waals surface area (Å²) in [6, 6.07) is 14.0. The second kappa shape index (κ2) is 10.3. The molecule has 0 bridgehead atoms. The van der Waals surface area contributed by atoms with Gasteiger partial charge in [0, 0.05) is 23.6 Å². The summed E-state index contributed by atoms with van der Waals surface area (Å²) < 4.78 is 5.17. The van der Waals surface area contributed by atoms with Crippen molar-refractivity contribution in [3.8, 4) is 28.8 Å². The van der Waals surface area contributed by atoms with Crippen LogP contribution in [0, 0.1) is 11.3 Å². The van der Waals surface area contributed by atoms with Crippen LogP contribution >= 0.6 is 0 Å². The molecule has 2 aromatic heterocycles. The first-order valence-electron chi connectivity index (χ1n) is 10.6. The van der Waals surface area contributed by atoms with Crippen LogP contribution in [-0.2, 0) is 0 Å². The Morgan fingerprint density at radius 1 is 1.11 bits per heavy atom. The van der Waals surface area contributed by atoms with Crippen molar-refractivity contribution < 1.29 is 14.6 Å². The van der Waals surface area contributed by atoms with Crippen LogP contribution in [0.15, 0.2) is 67.3 Å². The first kappa shape index (κ1) is 23.1. The molecule has 0 aliphatic rings. The number of methoxy groups -OCH3 is 1. The molecule has 0 spiro atoms. The molecule has 1 amide bonds. The molecule has 2 heterocycles. The number of hydrogen-bond acceptors (Lipinski definition) is 9. The zero-order valence-electron chi connectivity index (χ0n) is 18.9. The van der Waals surface area contributed by atoms with E-state index in [2.05, 4.69) is 30.6 Å². The lowest BCUT2D eigenvalue weighted by Crippen LogP contribution is -2.14. The Morgan fingerprint density at radius 2 is 1.91 bits per heavy atom. The predicted molar refractivity (Wildman–Crippen MR) is 129 cm³/mol. The van der Waals surface area contributed by atoms with E-state index in [0.717, 1.165) is 11.1 Å². The van der Waals surface area contributed by atoms with Gasteiger partial charge in [-0.15, -0.1) is 0 Å². The fourth-order valence-corrected chi connectivity index (χ4v) is 3.31. The SMILES string of the molecule is COc1cc(-c2cncc(N[C@@H](C)c3cccc(NC(=O)c4cnc(C#N)nc4)c3)n2)ccc1O. The van der Waals surface area contributed by atoms with Crippen LogP contribution < -0.4 is 15.4 Å². The number of nitrogens with one attached hydrogen (secondary N) is 2. The maximum atomic E-state index is 12.5. The Kier molecular flexibility index (Phi) is 6.78. The van der Waals surface area contributed by atoms with Crippen molar-refractivity contribution in [2.45, 2.75) is 13.0 Å². The lowest BCUT2D eigenvalue weighted by molar-refractivity contribution is 0.102. The molecule has 3 N–H and O–H groups in total. The standard InChI is InChI=1S/C25H21N7O3/c1-15(30-24-14-27-13-20(32-24)17-6-7-21(33)22(9-17)35-2)16-4-3-5-19(8-16)31-25(34)18-11-28-23(10-26)29-12-18/h3-9,11-15,33H,1-2H3,(H,30,32)(H,31,34)/t15-/m0/s1. The number of carbonyl (C=O) groups excluding carboxylic acids is 1. The summed E-state index contributed by atoms with van der Waals surface area (Å²) in [4.78, 5) is 29.0. The zero-order valence-corrected chi connectivity index (χ0v) is 18.9. The van der Waals surface area contributed by atoms with E-state index in [9.17, 15) is 9.90 Å². The first-order valence-corrected chi connectivity index (χ1v) is 10.6. The number of carbonyl (C=O) groups is 1. The summed E-state index contributed by atoms with van der Waals surface area (Å²) in [6.07, 6.45) is 5.87. The minimum Gasteiger partial charge on any atom is -0.504 e. The number of hydrogen-bond donors (Lipinski definition) is 3. The van der Waals surface area contributed by atoms with Gasteiger partial charge in [0.05, 0.1) is 36.8 Å². The molecule has 10 heteroatoms. The summed E-state index contributed by atoms with van der Waals surface area (Å²) in [5.74, 6) is 0.578. The Hall–Kier alpha value is -5.04. The molecule has 35 heavy (non-hydrogen) atoms. The van der Waals surface area contributed by atoms with Crippen molar-refractivity contribution in [3.05, 3.63) is 84.2 Å². The normalized spacial score (nSPS) is 11.2. The molecule has 4 aromatic rings. The van der Waals surface area contributed by atoms with Crippen molar-refractivity contribution in [1.29, 1.82) is 5.26 Å². The Morgan fingerprint density at radius 3 is 2.66 bits per heavy atom. The smallest absolute Gasteiger partial charge is 0.258 e.